The zero-order chi connectivity index (χ0) is 15.4. The number of nitrogens with one attached hydrogen (secondary N) is 1. The van der Waals surface area contributed by atoms with Crippen LogP contribution in [0.1, 0.15) is 12.5 Å². The van der Waals surface area contributed by atoms with Gasteiger partial charge >= 0.3 is 0 Å². The largest absolute Gasteiger partial charge is 0.399 e. The minimum Gasteiger partial charge on any atom is -0.399 e. The predicted octanol–water partition coefficient (Wildman–Crippen LogP) is 4.35. The molecule has 0 saturated carbocycles. The fraction of sp³-hybridized carbons (Fsp3) is 0.188. The lowest BCUT2D eigenvalue weighted by molar-refractivity contribution is -0.115. The Kier molecular flexibility index (Phi) is 5.15. The Labute approximate surface area is 133 Å². The van der Waals surface area contributed by atoms with Crippen LogP contribution >= 0.6 is 23.4 Å². The molecule has 0 aromatic heterocycles. The number of nitrogens with two attached hydrogens (primary N) is 1. The van der Waals surface area contributed by atoms with Crippen LogP contribution in [0, 0.1) is 6.92 Å². The number of carbonyl (C=O) groups is 1. The van der Waals surface area contributed by atoms with E-state index >= 15 is 0 Å². The highest BCUT2D eigenvalue weighted by molar-refractivity contribution is 8.00. The molecule has 3 N–H and O–H groups in total. The lowest BCUT2D eigenvalue weighted by Crippen LogP contribution is -2.22. The minimum absolute atomic E-state index is 0.0535. The van der Waals surface area contributed by atoms with Crippen LogP contribution in [0.3, 0.4) is 0 Å². The summed E-state index contributed by atoms with van der Waals surface area (Å²) in [5.74, 6) is -0.0535. The van der Waals surface area contributed by atoms with E-state index in [1.807, 2.05) is 50.2 Å². The lowest BCUT2D eigenvalue weighted by atomic mass is 10.2. The minimum atomic E-state index is -0.216. The van der Waals surface area contributed by atoms with Crippen molar-refractivity contribution in [1.29, 1.82) is 0 Å². The molecule has 0 aliphatic carbocycles. The number of amides is 1. The Morgan fingerprint density at radius 2 is 1.90 bits per heavy atom. The molecule has 0 fully saturated rings. The van der Waals surface area contributed by atoms with Crippen LogP contribution in [-0.4, -0.2) is 11.2 Å². The van der Waals surface area contributed by atoms with Gasteiger partial charge in [0.05, 0.1) is 5.25 Å². The fourth-order valence-electron chi connectivity index (χ4n) is 1.78. The number of rotatable bonds is 4. The summed E-state index contributed by atoms with van der Waals surface area (Å²) < 4.78 is 0. The summed E-state index contributed by atoms with van der Waals surface area (Å²) in [4.78, 5) is 13.3. The fourth-order valence-corrected chi connectivity index (χ4v) is 2.82. The molecule has 21 heavy (non-hydrogen) atoms. The lowest BCUT2D eigenvalue weighted by Gasteiger charge is -2.14. The van der Waals surface area contributed by atoms with Crippen molar-refractivity contribution in [3.8, 4) is 0 Å². The van der Waals surface area contributed by atoms with Crippen molar-refractivity contribution in [2.75, 3.05) is 11.1 Å². The van der Waals surface area contributed by atoms with Gasteiger partial charge in [0, 0.05) is 21.3 Å². The monoisotopic (exact) mass is 320 g/mol. The van der Waals surface area contributed by atoms with Crippen molar-refractivity contribution in [3.63, 3.8) is 0 Å². The van der Waals surface area contributed by atoms with Crippen LogP contribution in [0.2, 0.25) is 5.02 Å². The molecule has 0 aliphatic heterocycles. The van der Waals surface area contributed by atoms with E-state index in [2.05, 4.69) is 5.32 Å². The number of hydrogen-bond donors (Lipinski definition) is 2. The SMILES string of the molecule is Cc1c(Cl)cccc1NC(=O)C(C)Sc1ccc(N)cc1. The van der Waals surface area contributed by atoms with E-state index in [4.69, 9.17) is 17.3 Å². The first kappa shape index (κ1) is 15.7. The number of anilines is 2. The van der Waals surface area contributed by atoms with Gasteiger partial charge in [0.15, 0.2) is 0 Å². The van der Waals surface area contributed by atoms with Crippen molar-refractivity contribution >= 4 is 40.6 Å². The number of halogens is 1. The smallest absolute Gasteiger partial charge is 0.237 e. The molecule has 0 bridgehead atoms. The highest BCUT2D eigenvalue weighted by atomic mass is 35.5. The van der Waals surface area contributed by atoms with Crippen LogP contribution in [0.4, 0.5) is 11.4 Å². The van der Waals surface area contributed by atoms with Crippen LogP contribution < -0.4 is 11.1 Å². The molecule has 1 atom stereocenters. The highest BCUT2D eigenvalue weighted by Gasteiger charge is 2.15. The van der Waals surface area contributed by atoms with Crippen molar-refractivity contribution < 1.29 is 4.79 Å². The average Bonchev–Trinajstić information content (AvgIpc) is 2.46. The zero-order valence-electron chi connectivity index (χ0n) is 11.9. The van der Waals surface area contributed by atoms with E-state index < -0.39 is 0 Å². The van der Waals surface area contributed by atoms with Crippen molar-refractivity contribution in [2.45, 2.75) is 24.0 Å². The highest BCUT2D eigenvalue weighted by Crippen LogP contribution is 2.27. The maximum absolute atomic E-state index is 12.2. The van der Waals surface area contributed by atoms with E-state index in [-0.39, 0.29) is 11.2 Å². The second-order valence-electron chi connectivity index (χ2n) is 4.73. The van der Waals surface area contributed by atoms with Gasteiger partial charge in [0.2, 0.25) is 5.91 Å². The van der Waals surface area contributed by atoms with E-state index in [0.29, 0.717) is 10.7 Å². The second kappa shape index (κ2) is 6.87. The van der Waals surface area contributed by atoms with Crippen molar-refractivity contribution in [1.82, 2.24) is 0 Å². The van der Waals surface area contributed by atoms with Crippen LogP contribution in [-0.2, 0) is 4.79 Å². The van der Waals surface area contributed by atoms with Crippen molar-refractivity contribution in [2.24, 2.45) is 0 Å². The summed E-state index contributed by atoms with van der Waals surface area (Å²) >= 11 is 7.54. The van der Waals surface area contributed by atoms with Gasteiger partial charge in [0.25, 0.3) is 0 Å². The molecule has 5 heteroatoms. The molecule has 0 aliphatic rings. The number of benzene rings is 2. The van der Waals surface area contributed by atoms with Crippen LogP contribution in [0.25, 0.3) is 0 Å². The quantitative estimate of drug-likeness (QED) is 0.650. The average molecular weight is 321 g/mol. The third kappa shape index (κ3) is 4.16. The molecule has 3 nitrogen and oxygen atoms in total. The van der Waals surface area contributed by atoms with E-state index in [1.165, 1.54) is 11.8 Å². The Bertz CT molecular complexity index is 643. The zero-order valence-corrected chi connectivity index (χ0v) is 13.5. The molecule has 0 saturated heterocycles. The number of thioether (sulfide) groups is 1. The second-order valence-corrected chi connectivity index (χ2v) is 6.55. The first-order chi connectivity index (χ1) is 9.97. The van der Waals surface area contributed by atoms with Gasteiger partial charge in [0.1, 0.15) is 0 Å². The van der Waals surface area contributed by atoms with Gasteiger partial charge in [-0.2, -0.15) is 0 Å². The molecule has 2 aromatic rings. The molecule has 110 valence electrons. The third-order valence-electron chi connectivity index (χ3n) is 3.09. The number of nitrogen functional groups attached to an aromatic ring is 1. The van der Waals surface area contributed by atoms with Gasteiger partial charge in [-0.3, -0.25) is 4.79 Å². The van der Waals surface area contributed by atoms with E-state index in [9.17, 15) is 4.79 Å². The van der Waals surface area contributed by atoms with Crippen LogP contribution in [0.15, 0.2) is 47.4 Å². The Balaban J connectivity index is 2.02. The topological polar surface area (TPSA) is 55.1 Å². The summed E-state index contributed by atoms with van der Waals surface area (Å²) in [6, 6.07) is 13.0. The van der Waals surface area contributed by atoms with Gasteiger partial charge in [-0.1, -0.05) is 17.7 Å². The Morgan fingerprint density at radius 1 is 1.24 bits per heavy atom. The molecule has 2 rings (SSSR count). The maximum atomic E-state index is 12.2. The summed E-state index contributed by atoms with van der Waals surface area (Å²) in [5.41, 5.74) is 7.98. The first-order valence-electron chi connectivity index (χ1n) is 6.55. The molecular weight excluding hydrogens is 304 g/mol. The molecule has 1 unspecified atom stereocenters. The van der Waals surface area contributed by atoms with Gasteiger partial charge in [-0.15, -0.1) is 11.8 Å². The van der Waals surface area contributed by atoms with E-state index in [0.717, 1.165) is 16.1 Å². The molecule has 1 amide bonds. The third-order valence-corrected chi connectivity index (χ3v) is 4.61. The number of hydrogen-bond acceptors (Lipinski definition) is 3. The molecule has 0 radical (unpaired) electrons. The van der Waals surface area contributed by atoms with Crippen LogP contribution in [0.5, 0.6) is 0 Å². The normalized spacial score (nSPS) is 12.0. The molecule has 2 aromatic carbocycles. The summed E-state index contributed by atoms with van der Waals surface area (Å²) in [6.07, 6.45) is 0. The molecule has 0 heterocycles. The standard InChI is InChI=1S/C16H17ClN2OS/c1-10-14(17)4-3-5-15(10)19-16(20)11(2)21-13-8-6-12(18)7-9-13/h3-9,11H,18H2,1-2H3,(H,19,20). The van der Waals surface area contributed by atoms with Crippen molar-refractivity contribution in [3.05, 3.63) is 53.1 Å². The number of carbonyl (C=O) groups excluding carboxylic acids is 1. The predicted molar refractivity (Wildman–Crippen MR) is 91.0 cm³/mol. The Hall–Kier alpha value is -1.65. The Morgan fingerprint density at radius 3 is 2.57 bits per heavy atom. The summed E-state index contributed by atoms with van der Waals surface area (Å²) in [5, 5.41) is 3.34. The van der Waals surface area contributed by atoms with Gasteiger partial charge in [-0.25, -0.2) is 0 Å². The summed E-state index contributed by atoms with van der Waals surface area (Å²) in [7, 11) is 0. The van der Waals surface area contributed by atoms with E-state index in [1.54, 1.807) is 6.07 Å². The molecule has 0 spiro atoms. The summed E-state index contributed by atoms with van der Waals surface area (Å²) in [6.45, 7) is 3.76. The first-order valence-corrected chi connectivity index (χ1v) is 7.81. The molecular formula is C16H17ClN2OS. The maximum Gasteiger partial charge on any atom is 0.237 e. The van der Waals surface area contributed by atoms with Gasteiger partial charge < -0.3 is 11.1 Å². The van der Waals surface area contributed by atoms with Gasteiger partial charge in [-0.05, 0) is 55.8 Å².